The van der Waals surface area contributed by atoms with Gasteiger partial charge >= 0.3 is 0 Å². The van der Waals surface area contributed by atoms with Gasteiger partial charge in [0.05, 0.1) is 23.1 Å². The monoisotopic (exact) mass is 247 g/mol. The number of nitrogen functional groups attached to an aromatic ring is 1. The highest BCUT2D eigenvalue weighted by molar-refractivity contribution is 7.11. The number of nitrogens with zero attached hydrogens (tertiary/aromatic N) is 1. The lowest BCUT2D eigenvalue weighted by Gasteiger charge is -2.10. The fraction of sp³-hybridized carbons (Fsp3) is 0.167. The summed E-state index contributed by atoms with van der Waals surface area (Å²) in [5.74, 6) is -0.178. The van der Waals surface area contributed by atoms with E-state index in [0.29, 0.717) is 16.3 Å². The molecule has 1 amide bonds. The van der Waals surface area contributed by atoms with Gasteiger partial charge in [-0.1, -0.05) is 0 Å². The van der Waals surface area contributed by atoms with E-state index in [9.17, 15) is 4.79 Å². The number of amides is 1. The van der Waals surface area contributed by atoms with Crippen molar-refractivity contribution in [1.82, 2.24) is 4.98 Å². The number of anilines is 2. The third kappa shape index (κ3) is 2.45. The van der Waals surface area contributed by atoms with Gasteiger partial charge in [-0.2, -0.15) is 0 Å². The maximum absolute atomic E-state index is 11.8. The van der Waals surface area contributed by atoms with Crippen molar-refractivity contribution >= 4 is 28.6 Å². The number of hydrogen-bond donors (Lipinski definition) is 2. The minimum absolute atomic E-state index is 0.178. The van der Waals surface area contributed by atoms with Crippen LogP contribution in [0.4, 0.5) is 11.4 Å². The fourth-order valence-electron chi connectivity index (χ4n) is 1.46. The molecule has 0 spiro atoms. The maximum Gasteiger partial charge on any atom is 0.267 e. The van der Waals surface area contributed by atoms with Crippen LogP contribution in [-0.2, 0) is 0 Å². The van der Waals surface area contributed by atoms with Gasteiger partial charge in [0.15, 0.2) is 0 Å². The standard InChI is InChI=1S/C12H13N3OS/c1-7-3-9(13)10(4-8(7)2)15-12(16)11-5-14-6-17-11/h3-6H,13H2,1-2H3,(H,15,16). The molecule has 0 radical (unpaired) electrons. The molecule has 3 N–H and O–H groups in total. The Bertz CT molecular complexity index is 549. The largest absolute Gasteiger partial charge is 0.397 e. The van der Waals surface area contributed by atoms with Gasteiger partial charge in [-0.05, 0) is 37.1 Å². The van der Waals surface area contributed by atoms with Crippen LogP contribution < -0.4 is 11.1 Å². The Hall–Kier alpha value is -1.88. The Morgan fingerprint density at radius 1 is 1.35 bits per heavy atom. The summed E-state index contributed by atoms with van der Waals surface area (Å²) in [5, 5.41) is 2.79. The number of carbonyl (C=O) groups excluding carboxylic acids is 1. The third-order valence-corrected chi connectivity index (χ3v) is 3.34. The van der Waals surface area contributed by atoms with Crippen molar-refractivity contribution in [3.63, 3.8) is 0 Å². The first kappa shape index (κ1) is 11.6. The SMILES string of the molecule is Cc1cc(N)c(NC(=O)c2cncs2)cc1C. The molecule has 2 rings (SSSR count). The maximum atomic E-state index is 11.8. The predicted octanol–water partition coefficient (Wildman–Crippen LogP) is 2.59. The molecule has 0 aliphatic rings. The second-order valence-corrected chi connectivity index (χ2v) is 4.73. The van der Waals surface area contributed by atoms with E-state index in [0.717, 1.165) is 11.1 Å². The van der Waals surface area contributed by atoms with Crippen LogP contribution in [0, 0.1) is 13.8 Å². The molecule has 2 aromatic rings. The van der Waals surface area contributed by atoms with E-state index in [-0.39, 0.29) is 5.91 Å². The quantitative estimate of drug-likeness (QED) is 0.801. The van der Waals surface area contributed by atoms with Crippen LogP contribution in [0.3, 0.4) is 0 Å². The highest BCUT2D eigenvalue weighted by Crippen LogP contribution is 2.23. The molecular formula is C12H13N3OS. The van der Waals surface area contributed by atoms with Gasteiger partial charge in [-0.3, -0.25) is 9.78 Å². The lowest BCUT2D eigenvalue weighted by molar-refractivity contribution is 0.103. The predicted molar refractivity (Wildman–Crippen MR) is 70.4 cm³/mol. The molecule has 1 heterocycles. The molecular weight excluding hydrogens is 234 g/mol. The number of rotatable bonds is 2. The number of benzene rings is 1. The first-order valence-corrected chi connectivity index (χ1v) is 6.02. The Kier molecular flexibility index (Phi) is 3.10. The zero-order chi connectivity index (χ0) is 12.4. The molecule has 0 fully saturated rings. The normalized spacial score (nSPS) is 10.2. The van der Waals surface area contributed by atoms with Gasteiger partial charge in [-0.25, -0.2) is 0 Å². The second-order valence-electron chi connectivity index (χ2n) is 3.84. The highest BCUT2D eigenvalue weighted by atomic mass is 32.1. The summed E-state index contributed by atoms with van der Waals surface area (Å²) < 4.78 is 0. The summed E-state index contributed by atoms with van der Waals surface area (Å²) >= 11 is 1.30. The Morgan fingerprint density at radius 2 is 2.06 bits per heavy atom. The zero-order valence-electron chi connectivity index (χ0n) is 9.65. The fourth-order valence-corrected chi connectivity index (χ4v) is 1.97. The number of hydrogen-bond acceptors (Lipinski definition) is 4. The molecule has 0 saturated heterocycles. The van der Waals surface area contributed by atoms with Gasteiger partial charge in [0.25, 0.3) is 5.91 Å². The number of nitrogens with one attached hydrogen (secondary N) is 1. The van der Waals surface area contributed by atoms with Crippen LogP contribution in [0.5, 0.6) is 0 Å². The molecule has 0 atom stereocenters. The van der Waals surface area contributed by atoms with E-state index in [1.807, 2.05) is 26.0 Å². The second kappa shape index (κ2) is 4.55. The summed E-state index contributed by atoms with van der Waals surface area (Å²) in [6.07, 6.45) is 1.54. The molecule has 5 heteroatoms. The molecule has 17 heavy (non-hydrogen) atoms. The summed E-state index contributed by atoms with van der Waals surface area (Å²) in [6, 6.07) is 3.74. The van der Waals surface area contributed by atoms with Crippen LogP contribution in [-0.4, -0.2) is 10.9 Å². The zero-order valence-corrected chi connectivity index (χ0v) is 10.5. The van der Waals surface area contributed by atoms with Gasteiger partial charge in [0.2, 0.25) is 0 Å². The Labute approximate surface area is 103 Å². The average Bonchev–Trinajstić information content (AvgIpc) is 2.79. The molecule has 4 nitrogen and oxygen atoms in total. The van der Waals surface area contributed by atoms with E-state index in [1.54, 1.807) is 5.51 Å². The van der Waals surface area contributed by atoms with E-state index in [4.69, 9.17) is 5.73 Å². The summed E-state index contributed by atoms with van der Waals surface area (Å²) in [4.78, 5) is 16.3. The molecule has 0 aliphatic heterocycles. The van der Waals surface area contributed by atoms with Crippen LogP contribution in [0.1, 0.15) is 20.8 Å². The van der Waals surface area contributed by atoms with Gasteiger partial charge < -0.3 is 11.1 Å². The van der Waals surface area contributed by atoms with Crippen LogP contribution in [0.15, 0.2) is 23.8 Å². The topological polar surface area (TPSA) is 68.0 Å². The van der Waals surface area contributed by atoms with Gasteiger partial charge in [-0.15, -0.1) is 11.3 Å². The first-order chi connectivity index (χ1) is 8.08. The van der Waals surface area contributed by atoms with Crippen molar-refractivity contribution in [2.24, 2.45) is 0 Å². The highest BCUT2D eigenvalue weighted by Gasteiger charge is 2.10. The molecule has 0 saturated carbocycles. The van der Waals surface area contributed by atoms with E-state index < -0.39 is 0 Å². The lowest BCUT2D eigenvalue weighted by Crippen LogP contribution is -2.12. The van der Waals surface area contributed by atoms with Gasteiger partial charge in [0, 0.05) is 0 Å². The van der Waals surface area contributed by atoms with Crippen molar-refractivity contribution < 1.29 is 4.79 Å². The van der Waals surface area contributed by atoms with Crippen molar-refractivity contribution in [3.8, 4) is 0 Å². The molecule has 0 bridgehead atoms. The number of aromatic nitrogens is 1. The Morgan fingerprint density at radius 3 is 2.71 bits per heavy atom. The molecule has 1 aromatic heterocycles. The van der Waals surface area contributed by atoms with Crippen LogP contribution >= 0.6 is 11.3 Å². The number of thiazole rings is 1. The smallest absolute Gasteiger partial charge is 0.267 e. The summed E-state index contributed by atoms with van der Waals surface area (Å²) in [6.45, 7) is 3.97. The lowest BCUT2D eigenvalue weighted by atomic mass is 10.1. The van der Waals surface area contributed by atoms with Crippen molar-refractivity contribution in [2.45, 2.75) is 13.8 Å². The van der Waals surface area contributed by atoms with Crippen LogP contribution in [0.25, 0.3) is 0 Å². The minimum Gasteiger partial charge on any atom is -0.397 e. The summed E-state index contributed by atoms with van der Waals surface area (Å²) in [7, 11) is 0. The molecule has 88 valence electrons. The van der Waals surface area contributed by atoms with E-state index in [2.05, 4.69) is 10.3 Å². The van der Waals surface area contributed by atoms with Crippen molar-refractivity contribution in [2.75, 3.05) is 11.1 Å². The van der Waals surface area contributed by atoms with Crippen molar-refractivity contribution in [1.29, 1.82) is 0 Å². The number of carbonyl (C=O) groups is 1. The molecule has 0 aliphatic carbocycles. The van der Waals surface area contributed by atoms with E-state index >= 15 is 0 Å². The van der Waals surface area contributed by atoms with E-state index in [1.165, 1.54) is 17.5 Å². The average molecular weight is 247 g/mol. The minimum atomic E-state index is -0.178. The van der Waals surface area contributed by atoms with Gasteiger partial charge in [0.1, 0.15) is 4.88 Å². The summed E-state index contributed by atoms with van der Waals surface area (Å²) in [5.41, 5.74) is 10.9. The number of aryl methyl sites for hydroxylation is 2. The van der Waals surface area contributed by atoms with Crippen molar-refractivity contribution in [3.05, 3.63) is 39.8 Å². The molecule has 1 aromatic carbocycles. The molecule has 0 unspecified atom stereocenters. The van der Waals surface area contributed by atoms with Crippen LogP contribution in [0.2, 0.25) is 0 Å². The first-order valence-electron chi connectivity index (χ1n) is 5.14. The third-order valence-electron chi connectivity index (χ3n) is 2.57. The Balaban J connectivity index is 2.25. The number of nitrogens with two attached hydrogens (primary N) is 1.